The Morgan fingerprint density at radius 3 is 2.25 bits per heavy atom. The molecule has 0 bridgehead atoms. The van der Waals surface area contributed by atoms with Crippen molar-refractivity contribution in [1.29, 1.82) is 0 Å². The summed E-state index contributed by atoms with van der Waals surface area (Å²) < 4.78 is 5.26. The zero-order valence-electron chi connectivity index (χ0n) is 12.9. The van der Waals surface area contributed by atoms with E-state index in [9.17, 15) is 9.59 Å². The molecular weight excluding hydrogens is 351 g/mol. The van der Waals surface area contributed by atoms with Gasteiger partial charge in [0.15, 0.2) is 6.10 Å². The molecule has 0 saturated carbocycles. The number of carbonyl (C=O) groups is 2. The van der Waals surface area contributed by atoms with Gasteiger partial charge in [0.25, 0.3) is 5.91 Å². The van der Waals surface area contributed by atoms with Crippen LogP contribution in [-0.2, 0) is 9.53 Å². The number of hydrogen-bond acceptors (Lipinski definition) is 4. The number of halogens is 2. The number of nitrogens with two attached hydrogens (primary N) is 1. The van der Waals surface area contributed by atoms with Gasteiger partial charge < -0.3 is 15.8 Å². The maximum absolute atomic E-state index is 12.3. The molecule has 0 aliphatic heterocycles. The number of esters is 1. The highest BCUT2D eigenvalue weighted by Gasteiger charge is 2.22. The predicted molar refractivity (Wildman–Crippen MR) is 95.4 cm³/mol. The summed E-state index contributed by atoms with van der Waals surface area (Å²) in [4.78, 5) is 24.4. The molecule has 2 aromatic rings. The van der Waals surface area contributed by atoms with Gasteiger partial charge in [-0.25, -0.2) is 4.79 Å². The van der Waals surface area contributed by atoms with E-state index in [1.807, 2.05) is 0 Å². The van der Waals surface area contributed by atoms with E-state index in [-0.39, 0.29) is 0 Å². The van der Waals surface area contributed by atoms with Gasteiger partial charge in [0.05, 0.1) is 5.56 Å². The van der Waals surface area contributed by atoms with Crippen molar-refractivity contribution in [3.05, 3.63) is 58.1 Å². The Kier molecular flexibility index (Phi) is 6.06. The summed E-state index contributed by atoms with van der Waals surface area (Å²) >= 11 is 11.8. The smallest absolute Gasteiger partial charge is 0.338 e. The first-order valence-corrected chi connectivity index (χ1v) is 7.98. The molecule has 0 heterocycles. The van der Waals surface area contributed by atoms with Crippen LogP contribution < -0.4 is 11.1 Å². The van der Waals surface area contributed by atoms with Crippen molar-refractivity contribution in [3.8, 4) is 0 Å². The molecule has 126 valence electrons. The van der Waals surface area contributed by atoms with Gasteiger partial charge in [0.1, 0.15) is 0 Å². The second kappa shape index (κ2) is 8.04. The molecule has 3 N–H and O–H groups in total. The van der Waals surface area contributed by atoms with Gasteiger partial charge >= 0.3 is 5.97 Å². The number of ether oxygens (including phenoxy) is 1. The Labute approximate surface area is 149 Å². The largest absolute Gasteiger partial charge is 0.449 e. The normalized spacial score (nSPS) is 11.6. The molecule has 2 rings (SSSR count). The minimum atomic E-state index is -0.937. The van der Waals surface area contributed by atoms with Crippen LogP contribution in [0.15, 0.2) is 42.5 Å². The van der Waals surface area contributed by atoms with Crippen LogP contribution in [0.3, 0.4) is 0 Å². The van der Waals surface area contributed by atoms with Gasteiger partial charge in [-0.05, 0) is 48.9 Å². The van der Waals surface area contributed by atoms with Crippen LogP contribution in [0.25, 0.3) is 0 Å². The van der Waals surface area contributed by atoms with Crippen LogP contribution in [0, 0.1) is 0 Å². The van der Waals surface area contributed by atoms with Crippen molar-refractivity contribution in [1.82, 2.24) is 0 Å². The molecule has 0 fully saturated rings. The average molecular weight is 367 g/mol. The van der Waals surface area contributed by atoms with Crippen LogP contribution in [0.2, 0.25) is 10.0 Å². The number of hydrogen-bond donors (Lipinski definition) is 2. The molecule has 0 aromatic heterocycles. The van der Waals surface area contributed by atoms with Crippen LogP contribution in [0.1, 0.15) is 23.7 Å². The van der Waals surface area contributed by atoms with Crippen molar-refractivity contribution in [2.75, 3.05) is 11.1 Å². The minimum Gasteiger partial charge on any atom is -0.449 e. The van der Waals surface area contributed by atoms with Gasteiger partial charge in [-0.2, -0.15) is 0 Å². The fraction of sp³-hybridized carbons (Fsp3) is 0.176. The Bertz CT molecular complexity index is 728. The number of nitrogens with one attached hydrogen (secondary N) is 1. The monoisotopic (exact) mass is 366 g/mol. The molecule has 0 aliphatic rings. The highest BCUT2D eigenvalue weighted by molar-refractivity contribution is 6.35. The lowest BCUT2D eigenvalue weighted by molar-refractivity contribution is -0.124. The van der Waals surface area contributed by atoms with Gasteiger partial charge in [-0.1, -0.05) is 30.1 Å². The summed E-state index contributed by atoms with van der Waals surface area (Å²) in [6.07, 6.45) is -0.617. The number of anilines is 2. The zero-order valence-corrected chi connectivity index (χ0v) is 14.4. The Morgan fingerprint density at radius 2 is 1.71 bits per heavy atom. The summed E-state index contributed by atoms with van der Waals surface area (Å²) in [6, 6.07) is 10.9. The van der Waals surface area contributed by atoms with Crippen molar-refractivity contribution in [2.24, 2.45) is 0 Å². The quantitative estimate of drug-likeness (QED) is 0.615. The van der Waals surface area contributed by atoms with E-state index in [1.165, 1.54) is 0 Å². The first-order valence-electron chi connectivity index (χ1n) is 7.22. The molecule has 1 unspecified atom stereocenters. The molecule has 0 aliphatic carbocycles. The SMILES string of the molecule is CCC(OC(=O)c1ccc(N)cc1)C(=O)Nc1cc(Cl)cc(Cl)c1. The number of rotatable bonds is 5. The average Bonchev–Trinajstić information content (AvgIpc) is 2.51. The third-order valence-electron chi connectivity index (χ3n) is 3.19. The predicted octanol–water partition coefficient (Wildman–Crippen LogP) is 4.15. The number of nitrogen functional groups attached to an aromatic ring is 1. The van der Waals surface area contributed by atoms with E-state index in [4.69, 9.17) is 33.7 Å². The lowest BCUT2D eigenvalue weighted by Gasteiger charge is -2.16. The summed E-state index contributed by atoms with van der Waals surface area (Å²) in [5.74, 6) is -1.05. The highest BCUT2D eigenvalue weighted by Crippen LogP contribution is 2.23. The molecule has 0 saturated heterocycles. The standard InChI is InChI=1S/C17H16Cl2N2O3/c1-2-15(24-17(23)10-3-5-13(20)6-4-10)16(22)21-14-8-11(18)7-12(19)9-14/h3-9,15H,2,20H2,1H3,(H,21,22). The van der Waals surface area contributed by atoms with Crippen molar-refractivity contribution in [2.45, 2.75) is 19.4 Å². The van der Waals surface area contributed by atoms with Gasteiger partial charge in [-0.3, -0.25) is 4.79 Å². The Balaban J connectivity index is 2.05. The molecule has 5 nitrogen and oxygen atoms in total. The summed E-state index contributed by atoms with van der Waals surface area (Å²) in [6.45, 7) is 1.74. The second-order valence-electron chi connectivity index (χ2n) is 5.07. The van der Waals surface area contributed by atoms with Crippen LogP contribution in [0.5, 0.6) is 0 Å². The minimum absolute atomic E-state index is 0.320. The lowest BCUT2D eigenvalue weighted by atomic mass is 10.2. The Hall–Kier alpha value is -2.24. The third kappa shape index (κ3) is 4.88. The number of amides is 1. The van der Waals surface area contributed by atoms with Crippen molar-refractivity contribution < 1.29 is 14.3 Å². The fourth-order valence-corrected chi connectivity index (χ4v) is 2.51. The maximum atomic E-state index is 12.3. The summed E-state index contributed by atoms with van der Waals surface area (Å²) in [7, 11) is 0. The third-order valence-corrected chi connectivity index (χ3v) is 3.63. The first-order chi connectivity index (χ1) is 11.4. The molecule has 1 amide bonds. The van der Waals surface area contributed by atoms with E-state index in [0.29, 0.717) is 33.4 Å². The van der Waals surface area contributed by atoms with Crippen molar-refractivity contribution >= 4 is 46.5 Å². The molecule has 2 aromatic carbocycles. The number of benzene rings is 2. The van der Waals surface area contributed by atoms with Gasteiger partial charge in [0, 0.05) is 21.4 Å². The zero-order chi connectivity index (χ0) is 17.7. The number of carbonyl (C=O) groups excluding carboxylic acids is 2. The van der Waals surface area contributed by atoms with Crippen molar-refractivity contribution in [3.63, 3.8) is 0 Å². The molecular formula is C17H16Cl2N2O3. The topological polar surface area (TPSA) is 81.4 Å². The van der Waals surface area contributed by atoms with Crippen LogP contribution in [-0.4, -0.2) is 18.0 Å². The second-order valence-corrected chi connectivity index (χ2v) is 5.94. The molecule has 24 heavy (non-hydrogen) atoms. The maximum Gasteiger partial charge on any atom is 0.338 e. The molecule has 1 atom stereocenters. The van der Waals surface area contributed by atoms with Crippen LogP contribution >= 0.6 is 23.2 Å². The van der Waals surface area contributed by atoms with E-state index in [1.54, 1.807) is 49.4 Å². The first kappa shape index (κ1) is 18.1. The lowest BCUT2D eigenvalue weighted by Crippen LogP contribution is -2.32. The van der Waals surface area contributed by atoms with Crippen LogP contribution in [0.4, 0.5) is 11.4 Å². The van der Waals surface area contributed by atoms with E-state index in [0.717, 1.165) is 0 Å². The van der Waals surface area contributed by atoms with E-state index in [2.05, 4.69) is 5.32 Å². The Morgan fingerprint density at radius 1 is 1.12 bits per heavy atom. The van der Waals surface area contributed by atoms with E-state index < -0.39 is 18.0 Å². The van der Waals surface area contributed by atoms with Gasteiger partial charge in [0.2, 0.25) is 0 Å². The molecule has 7 heteroatoms. The molecule has 0 radical (unpaired) electrons. The van der Waals surface area contributed by atoms with Gasteiger partial charge in [-0.15, -0.1) is 0 Å². The summed E-state index contributed by atoms with van der Waals surface area (Å²) in [5.41, 5.74) is 6.86. The fourth-order valence-electron chi connectivity index (χ4n) is 1.99. The van der Waals surface area contributed by atoms with E-state index >= 15 is 0 Å². The summed E-state index contributed by atoms with van der Waals surface area (Å²) in [5, 5.41) is 3.42. The highest BCUT2D eigenvalue weighted by atomic mass is 35.5. The molecule has 0 spiro atoms.